The Morgan fingerprint density at radius 3 is 1.14 bits per heavy atom. The molecule has 4 unspecified atom stereocenters. The molecule has 0 saturated carbocycles. The zero-order chi connectivity index (χ0) is 42.3. The van der Waals surface area contributed by atoms with Gasteiger partial charge in [-0.15, -0.1) is 0 Å². The molecule has 2 aromatic carbocycles. The molecular weight excluding hydrogens is 866 g/mol. The summed E-state index contributed by atoms with van der Waals surface area (Å²) in [5.74, 6) is -1.95. The van der Waals surface area contributed by atoms with Crippen molar-refractivity contribution in [3.8, 4) is 0 Å². The molecule has 2 rings (SSSR count). The van der Waals surface area contributed by atoms with Crippen LogP contribution in [-0.4, -0.2) is 95.4 Å². The smallest absolute Gasteiger partial charge is 0.550 e. The molecule has 332 valence electrons. The quantitative estimate of drug-likeness (QED) is 0.0501. The number of unbranched alkanes of at least 4 members (excludes halogenated alkanes) is 14. The van der Waals surface area contributed by atoms with E-state index in [1.54, 1.807) is 0 Å². The number of hydrogen-bond acceptors (Lipinski definition) is 8. The number of rotatable bonds is 38. The molecule has 0 amide bonds. The summed E-state index contributed by atoms with van der Waals surface area (Å²) in [7, 11) is 0. The number of aliphatic hydroxyl groups excluding tert-OH is 2. The van der Waals surface area contributed by atoms with Gasteiger partial charge in [0.15, 0.2) is 0 Å². The number of ether oxygens (including phenoxy) is 2. The first-order valence-electron chi connectivity index (χ1n) is 23.3. The molecule has 9 heteroatoms. The van der Waals surface area contributed by atoms with E-state index in [9.17, 15) is 30.0 Å². The molecule has 0 heterocycles. The van der Waals surface area contributed by atoms with Gasteiger partial charge in [0, 0.05) is 11.9 Å². The third-order valence-corrected chi connectivity index (χ3v) is 10.9. The monoisotopic (exact) mass is 949 g/mol. The molecular formula is C50H82BaO8. The third kappa shape index (κ3) is 38.2. The van der Waals surface area contributed by atoms with Crippen molar-refractivity contribution >= 4 is 60.8 Å². The molecule has 0 fully saturated rings. The summed E-state index contributed by atoms with van der Waals surface area (Å²) < 4.78 is 12.3. The van der Waals surface area contributed by atoms with Crippen LogP contribution in [0.1, 0.15) is 205 Å². The first-order chi connectivity index (χ1) is 28.2. The van der Waals surface area contributed by atoms with Gasteiger partial charge in [-0.05, 0) is 88.2 Å². The molecule has 0 saturated heterocycles. The van der Waals surface area contributed by atoms with E-state index in [2.05, 4.69) is 38.1 Å². The van der Waals surface area contributed by atoms with Crippen LogP contribution in [0.5, 0.6) is 0 Å². The van der Waals surface area contributed by atoms with Crippen molar-refractivity contribution < 1.29 is 39.5 Å². The van der Waals surface area contributed by atoms with Crippen LogP contribution in [0.4, 0.5) is 0 Å². The molecule has 0 aliphatic heterocycles. The van der Waals surface area contributed by atoms with Crippen molar-refractivity contribution in [2.45, 2.75) is 231 Å². The number of benzene rings is 2. The molecule has 4 atom stereocenters. The van der Waals surface area contributed by atoms with Gasteiger partial charge in [-0.1, -0.05) is 177 Å². The minimum Gasteiger partial charge on any atom is -0.550 e. The average Bonchev–Trinajstić information content (AvgIpc) is 3.22. The van der Waals surface area contributed by atoms with E-state index in [1.807, 2.05) is 36.4 Å². The van der Waals surface area contributed by atoms with E-state index in [0.29, 0.717) is 26.1 Å². The van der Waals surface area contributed by atoms with E-state index >= 15 is 0 Å². The van der Waals surface area contributed by atoms with Crippen LogP contribution in [0.3, 0.4) is 0 Å². The SMILES string of the molecule is CCCCCCCCC(O)CCC(CCCCCC(=O)[O-])OCc1ccccc1.CCCCCCCCC(O)CCC(CCCCCC(=O)[O-])OCc1ccccc1.[Ba+2]. The zero-order valence-corrected chi connectivity index (χ0v) is 41.8. The van der Waals surface area contributed by atoms with Gasteiger partial charge >= 0.3 is 48.9 Å². The Bertz CT molecular complexity index is 1110. The molecule has 0 aliphatic rings. The van der Waals surface area contributed by atoms with Crippen LogP contribution in [0.2, 0.25) is 0 Å². The van der Waals surface area contributed by atoms with Gasteiger partial charge in [0.05, 0.1) is 37.6 Å². The summed E-state index contributed by atoms with van der Waals surface area (Å²) >= 11 is 0. The summed E-state index contributed by atoms with van der Waals surface area (Å²) in [5.41, 5.74) is 2.31. The summed E-state index contributed by atoms with van der Waals surface area (Å²) in [6.45, 7) is 5.61. The van der Waals surface area contributed by atoms with Gasteiger partial charge < -0.3 is 39.5 Å². The van der Waals surface area contributed by atoms with Crippen LogP contribution in [0, 0.1) is 0 Å². The van der Waals surface area contributed by atoms with Gasteiger partial charge in [0.25, 0.3) is 0 Å². The second kappa shape index (κ2) is 42.1. The molecule has 0 aliphatic carbocycles. The molecule has 0 radical (unpaired) electrons. The van der Waals surface area contributed by atoms with Crippen molar-refractivity contribution in [2.75, 3.05) is 0 Å². The predicted octanol–water partition coefficient (Wildman–Crippen LogP) is 9.95. The van der Waals surface area contributed by atoms with Crippen molar-refractivity contribution in [3.05, 3.63) is 71.8 Å². The standard InChI is InChI=1S/2C25H42O4.Ba/c2*1-2-3-4-5-6-11-16-23(26)19-20-24(17-12-8-13-18-25(27)28)29-21-22-14-9-7-10-15-22;/h2*7,9-10,14-15,23-24,26H,2-6,8,11-13,16-21H2,1H3,(H,27,28);/q;;+2/p-2. The van der Waals surface area contributed by atoms with E-state index in [4.69, 9.17) is 9.47 Å². The first-order valence-corrected chi connectivity index (χ1v) is 23.3. The Kier molecular flexibility index (Phi) is 41.2. The fourth-order valence-electron chi connectivity index (χ4n) is 7.20. The zero-order valence-electron chi connectivity index (χ0n) is 37.3. The second-order valence-corrected chi connectivity index (χ2v) is 16.4. The molecule has 8 nitrogen and oxygen atoms in total. The average molecular weight is 949 g/mol. The summed E-state index contributed by atoms with van der Waals surface area (Å²) in [4.78, 5) is 21.1. The minimum absolute atomic E-state index is 0. The van der Waals surface area contributed by atoms with Gasteiger partial charge in [-0.3, -0.25) is 0 Å². The Hall–Kier alpha value is -1.21. The van der Waals surface area contributed by atoms with E-state index in [1.165, 1.54) is 64.2 Å². The van der Waals surface area contributed by atoms with Crippen molar-refractivity contribution in [1.82, 2.24) is 0 Å². The second-order valence-electron chi connectivity index (χ2n) is 16.4. The number of carbonyl (C=O) groups excluding carboxylic acids is 2. The van der Waals surface area contributed by atoms with E-state index in [0.717, 1.165) is 101 Å². The summed E-state index contributed by atoms with van der Waals surface area (Å²) in [5, 5.41) is 41.7. The maximum atomic E-state index is 10.5. The minimum atomic E-state index is -0.973. The predicted molar refractivity (Wildman–Crippen MR) is 238 cm³/mol. The maximum absolute atomic E-state index is 10.5. The first kappa shape index (κ1) is 57.8. The largest absolute Gasteiger partial charge is 2.00 e. The maximum Gasteiger partial charge on any atom is 2.00 e. The molecule has 2 N–H and O–H groups in total. The molecule has 0 aromatic heterocycles. The normalized spacial score (nSPS) is 13.1. The number of carboxylic acids is 2. The number of carbonyl (C=O) groups is 2. The number of aliphatic carboxylic acids is 2. The van der Waals surface area contributed by atoms with Crippen LogP contribution in [0.25, 0.3) is 0 Å². The Labute approximate surface area is 400 Å². The van der Waals surface area contributed by atoms with Crippen LogP contribution < -0.4 is 10.2 Å². The Morgan fingerprint density at radius 1 is 0.458 bits per heavy atom. The van der Waals surface area contributed by atoms with E-state index in [-0.39, 0.29) is 86.1 Å². The summed E-state index contributed by atoms with van der Waals surface area (Å²) in [6.07, 6.45) is 26.7. The summed E-state index contributed by atoms with van der Waals surface area (Å²) in [6, 6.07) is 20.3. The number of aliphatic hydroxyl groups is 2. The Morgan fingerprint density at radius 2 is 0.780 bits per heavy atom. The molecule has 0 bridgehead atoms. The molecule has 2 aromatic rings. The van der Waals surface area contributed by atoms with Gasteiger partial charge in [-0.2, -0.15) is 0 Å². The van der Waals surface area contributed by atoms with Crippen LogP contribution in [-0.2, 0) is 32.3 Å². The topological polar surface area (TPSA) is 139 Å². The Balaban J connectivity index is 0.00000112. The van der Waals surface area contributed by atoms with Gasteiger partial charge in [-0.25, -0.2) is 0 Å². The molecule has 59 heavy (non-hydrogen) atoms. The van der Waals surface area contributed by atoms with Gasteiger partial charge in [0.2, 0.25) is 0 Å². The van der Waals surface area contributed by atoms with Crippen LogP contribution >= 0.6 is 0 Å². The number of hydrogen-bond donors (Lipinski definition) is 2. The van der Waals surface area contributed by atoms with Crippen molar-refractivity contribution in [3.63, 3.8) is 0 Å². The third-order valence-electron chi connectivity index (χ3n) is 10.9. The van der Waals surface area contributed by atoms with E-state index < -0.39 is 11.9 Å². The fraction of sp³-hybridized carbons (Fsp3) is 0.720. The molecule has 0 spiro atoms. The number of carboxylic acid groups (broad SMARTS) is 2. The van der Waals surface area contributed by atoms with Crippen LogP contribution in [0.15, 0.2) is 60.7 Å². The van der Waals surface area contributed by atoms with Crippen molar-refractivity contribution in [1.29, 1.82) is 0 Å². The van der Waals surface area contributed by atoms with Crippen molar-refractivity contribution in [2.24, 2.45) is 0 Å². The fourth-order valence-corrected chi connectivity index (χ4v) is 7.20. The van der Waals surface area contributed by atoms with Gasteiger partial charge in [0.1, 0.15) is 0 Å².